The molecule has 2 aliphatic carbocycles. The van der Waals surface area contributed by atoms with Gasteiger partial charge in [0, 0.05) is 0 Å². The van der Waals surface area contributed by atoms with Gasteiger partial charge in [-0.3, -0.25) is 4.79 Å². The van der Waals surface area contributed by atoms with Gasteiger partial charge in [-0.15, -0.1) is 0 Å². The van der Waals surface area contributed by atoms with Crippen LogP contribution in [0, 0.1) is 5.92 Å². The lowest BCUT2D eigenvalue weighted by Gasteiger charge is -2.09. The van der Waals surface area contributed by atoms with Crippen LogP contribution in [0.25, 0.3) is 0 Å². The molecule has 0 heterocycles. The van der Waals surface area contributed by atoms with Crippen LogP contribution in [0.4, 0.5) is 0 Å². The van der Waals surface area contributed by atoms with E-state index >= 15 is 0 Å². The molecule has 2 aliphatic rings. The van der Waals surface area contributed by atoms with Gasteiger partial charge >= 0.3 is 0 Å². The normalized spacial score (nSPS) is 24.0. The average Bonchev–Trinajstić information content (AvgIpc) is 2.87. The highest BCUT2D eigenvalue weighted by Gasteiger charge is 2.26. The van der Waals surface area contributed by atoms with Gasteiger partial charge in [0.2, 0.25) is 0 Å². The molecule has 0 aromatic heterocycles. The molecule has 0 aliphatic heterocycles. The van der Waals surface area contributed by atoms with Crippen molar-refractivity contribution in [3.05, 3.63) is 23.3 Å². The summed E-state index contributed by atoms with van der Waals surface area (Å²) in [6.45, 7) is 0. The van der Waals surface area contributed by atoms with Crippen LogP contribution >= 0.6 is 0 Å². The molecule has 11 heavy (non-hydrogen) atoms. The predicted molar refractivity (Wildman–Crippen MR) is 44.2 cm³/mol. The summed E-state index contributed by atoms with van der Waals surface area (Å²) in [5, 5.41) is 0. The van der Waals surface area contributed by atoms with Crippen LogP contribution in [0.15, 0.2) is 23.3 Å². The molecule has 0 saturated heterocycles. The Balaban J connectivity index is 2.08. The highest BCUT2D eigenvalue weighted by atomic mass is 16.1. The van der Waals surface area contributed by atoms with Crippen LogP contribution in [0.3, 0.4) is 0 Å². The summed E-state index contributed by atoms with van der Waals surface area (Å²) in [6, 6.07) is 0. The standard InChI is InChI=1S/C10H12O/c11-7-8-1-3-9(4-2-8)10-5-6-10/h1,3,7,10H,2,4-6H2. The van der Waals surface area contributed by atoms with Crippen molar-refractivity contribution >= 4 is 6.29 Å². The lowest BCUT2D eigenvalue weighted by Crippen LogP contribution is -1.95. The molecule has 1 fully saturated rings. The molecule has 58 valence electrons. The third kappa shape index (κ3) is 1.42. The summed E-state index contributed by atoms with van der Waals surface area (Å²) in [6.07, 6.45) is 9.92. The van der Waals surface area contributed by atoms with Crippen molar-refractivity contribution in [3.63, 3.8) is 0 Å². The molecule has 1 nitrogen and oxygen atoms in total. The molecule has 0 unspecified atom stereocenters. The summed E-state index contributed by atoms with van der Waals surface area (Å²) in [4.78, 5) is 10.4. The van der Waals surface area contributed by atoms with Crippen molar-refractivity contribution in [2.75, 3.05) is 0 Å². The van der Waals surface area contributed by atoms with E-state index in [1.54, 1.807) is 5.57 Å². The van der Waals surface area contributed by atoms with Crippen LogP contribution in [-0.2, 0) is 4.79 Å². The highest BCUT2D eigenvalue weighted by Crippen LogP contribution is 2.40. The largest absolute Gasteiger partial charge is 0.298 e. The zero-order chi connectivity index (χ0) is 7.68. The van der Waals surface area contributed by atoms with Crippen molar-refractivity contribution in [2.24, 2.45) is 5.92 Å². The minimum atomic E-state index is 0.874. The monoisotopic (exact) mass is 148 g/mol. The van der Waals surface area contributed by atoms with Gasteiger partial charge in [0.15, 0.2) is 0 Å². The zero-order valence-electron chi connectivity index (χ0n) is 6.55. The van der Waals surface area contributed by atoms with E-state index in [1.165, 1.54) is 12.8 Å². The van der Waals surface area contributed by atoms with E-state index in [1.807, 2.05) is 6.08 Å². The van der Waals surface area contributed by atoms with Gasteiger partial charge in [-0.1, -0.05) is 17.7 Å². The van der Waals surface area contributed by atoms with Gasteiger partial charge in [-0.05, 0) is 37.2 Å². The first-order valence-corrected chi connectivity index (χ1v) is 4.25. The molecule has 0 bridgehead atoms. The molecule has 0 aromatic rings. The quantitative estimate of drug-likeness (QED) is 0.549. The molecule has 2 rings (SSSR count). The Bertz CT molecular complexity index is 231. The molecular weight excluding hydrogens is 136 g/mol. The van der Waals surface area contributed by atoms with E-state index in [2.05, 4.69) is 6.08 Å². The van der Waals surface area contributed by atoms with Gasteiger partial charge < -0.3 is 0 Å². The molecule has 0 aromatic carbocycles. The molecule has 0 amide bonds. The molecule has 0 spiro atoms. The number of hydrogen-bond donors (Lipinski definition) is 0. The number of carbonyl (C=O) groups excluding carboxylic acids is 1. The van der Waals surface area contributed by atoms with Gasteiger partial charge in [0.25, 0.3) is 0 Å². The maximum Gasteiger partial charge on any atom is 0.146 e. The maximum absolute atomic E-state index is 10.4. The highest BCUT2D eigenvalue weighted by molar-refractivity contribution is 5.74. The molecule has 1 saturated carbocycles. The van der Waals surface area contributed by atoms with Crippen LogP contribution < -0.4 is 0 Å². The summed E-state index contributed by atoms with van der Waals surface area (Å²) < 4.78 is 0. The third-order valence-electron chi connectivity index (χ3n) is 2.47. The number of aldehydes is 1. The summed E-state index contributed by atoms with van der Waals surface area (Å²) in [5.41, 5.74) is 2.52. The Morgan fingerprint density at radius 1 is 1.27 bits per heavy atom. The lowest BCUT2D eigenvalue weighted by molar-refractivity contribution is -0.105. The first-order valence-electron chi connectivity index (χ1n) is 4.25. The summed E-state index contributed by atoms with van der Waals surface area (Å²) >= 11 is 0. The van der Waals surface area contributed by atoms with E-state index < -0.39 is 0 Å². The lowest BCUT2D eigenvalue weighted by atomic mass is 9.96. The van der Waals surface area contributed by atoms with Crippen LogP contribution in [-0.4, -0.2) is 6.29 Å². The van der Waals surface area contributed by atoms with Crippen molar-refractivity contribution < 1.29 is 4.79 Å². The van der Waals surface area contributed by atoms with Crippen molar-refractivity contribution in [1.29, 1.82) is 0 Å². The Labute approximate surface area is 66.8 Å². The topological polar surface area (TPSA) is 17.1 Å². The summed E-state index contributed by atoms with van der Waals surface area (Å²) in [7, 11) is 0. The second kappa shape index (κ2) is 2.65. The zero-order valence-corrected chi connectivity index (χ0v) is 6.55. The predicted octanol–water partition coefficient (Wildman–Crippen LogP) is 2.24. The minimum absolute atomic E-state index is 0.874. The van der Waals surface area contributed by atoms with Crippen molar-refractivity contribution in [3.8, 4) is 0 Å². The second-order valence-corrected chi connectivity index (χ2v) is 3.38. The Morgan fingerprint density at radius 3 is 2.55 bits per heavy atom. The van der Waals surface area contributed by atoms with Crippen LogP contribution in [0.2, 0.25) is 0 Å². The number of allylic oxidation sites excluding steroid dienone is 4. The van der Waals surface area contributed by atoms with E-state index in [4.69, 9.17) is 0 Å². The second-order valence-electron chi connectivity index (χ2n) is 3.38. The van der Waals surface area contributed by atoms with Crippen molar-refractivity contribution in [2.45, 2.75) is 25.7 Å². The molecule has 0 N–H and O–H groups in total. The van der Waals surface area contributed by atoms with Crippen LogP contribution in [0.1, 0.15) is 25.7 Å². The molecule has 0 atom stereocenters. The van der Waals surface area contributed by atoms with Gasteiger partial charge in [-0.25, -0.2) is 0 Å². The molecule has 0 radical (unpaired) electrons. The number of carbonyl (C=O) groups is 1. The van der Waals surface area contributed by atoms with Gasteiger partial charge in [0.05, 0.1) is 0 Å². The van der Waals surface area contributed by atoms with E-state index in [0.717, 1.165) is 30.6 Å². The Kier molecular flexibility index (Phi) is 1.65. The average molecular weight is 148 g/mol. The SMILES string of the molecule is O=CC1=CC=C(C2CC2)CC1. The fraction of sp³-hybridized carbons (Fsp3) is 0.500. The fourth-order valence-corrected chi connectivity index (χ4v) is 1.56. The Morgan fingerprint density at radius 2 is 2.09 bits per heavy atom. The minimum Gasteiger partial charge on any atom is -0.298 e. The van der Waals surface area contributed by atoms with E-state index in [0.29, 0.717) is 0 Å². The Hall–Kier alpha value is -0.850. The number of hydrogen-bond acceptors (Lipinski definition) is 1. The first-order chi connectivity index (χ1) is 5.40. The maximum atomic E-state index is 10.4. The molecule has 1 heteroatoms. The van der Waals surface area contributed by atoms with Gasteiger partial charge in [-0.2, -0.15) is 0 Å². The summed E-state index contributed by atoms with van der Waals surface area (Å²) in [5.74, 6) is 0.874. The molecular formula is C10H12O. The van der Waals surface area contributed by atoms with Gasteiger partial charge in [0.1, 0.15) is 6.29 Å². The first kappa shape index (κ1) is 6.84. The smallest absolute Gasteiger partial charge is 0.146 e. The fourth-order valence-electron chi connectivity index (χ4n) is 1.56. The van der Waals surface area contributed by atoms with Crippen molar-refractivity contribution in [1.82, 2.24) is 0 Å². The third-order valence-corrected chi connectivity index (χ3v) is 2.47. The number of rotatable bonds is 2. The van der Waals surface area contributed by atoms with E-state index in [9.17, 15) is 4.79 Å². The van der Waals surface area contributed by atoms with E-state index in [-0.39, 0.29) is 0 Å². The van der Waals surface area contributed by atoms with Crippen LogP contribution in [0.5, 0.6) is 0 Å².